The van der Waals surface area contributed by atoms with E-state index in [0.717, 1.165) is 16.9 Å². The Morgan fingerprint density at radius 1 is 1.18 bits per heavy atom. The number of aromatic amines is 1. The van der Waals surface area contributed by atoms with Crippen molar-refractivity contribution in [2.24, 2.45) is 0 Å². The predicted octanol–water partition coefficient (Wildman–Crippen LogP) is 3.98. The Morgan fingerprint density at radius 2 is 1.93 bits per heavy atom. The molecule has 142 valence electrons. The number of fused-ring (bicyclic) bond motifs is 1. The van der Waals surface area contributed by atoms with Crippen LogP contribution in [0, 0.1) is 0 Å². The third-order valence-electron chi connectivity index (χ3n) is 4.58. The first kappa shape index (κ1) is 17.8. The fourth-order valence-electron chi connectivity index (χ4n) is 3.35. The molecule has 0 radical (unpaired) electrons. The Labute approximate surface area is 162 Å². The number of amides is 1. The molecule has 3 aromatic rings. The van der Waals surface area contributed by atoms with Crippen molar-refractivity contribution in [3.63, 3.8) is 0 Å². The number of pyridine rings is 1. The number of para-hydroxylation sites is 1. The van der Waals surface area contributed by atoms with Gasteiger partial charge in [0.05, 0.1) is 36.6 Å². The highest BCUT2D eigenvalue weighted by atomic mass is 16.6. The number of benzene rings is 1. The summed E-state index contributed by atoms with van der Waals surface area (Å²) in [6, 6.07) is 13.4. The highest BCUT2D eigenvalue weighted by molar-refractivity contribution is 6.09. The largest absolute Gasteiger partial charge is 0.450 e. The van der Waals surface area contributed by atoms with Gasteiger partial charge in [-0.2, -0.15) is 0 Å². The van der Waals surface area contributed by atoms with Crippen LogP contribution < -0.4 is 5.32 Å². The van der Waals surface area contributed by atoms with Crippen LogP contribution in [0.25, 0.3) is 11.3 Å². The van der Waals surface area contributed by atoms with Crippen LogP contribution in [0.1, 0.15) is 23.0 Å². The quantitative estimate of drug-likeness (QED) is 0.719. The van der Waals surface area contributed by atoms with E-state index in [1.165, 1.54) is 4.90 Å². The molecule has 0 atom stereocenters. The molecule has 0 spiro atoms. The summed E-state index contributed by atoms with van der Waals surface area (Å²) in [5, 5.41) is 3.37. The van der Waals surface area contributed by atoms with Crippen molar-refractivity contribution in [1.29, 1.82) is 0 Å². The molecular formula is C21H20N4O3. The molecule has 0 bridgehead atoms. The fraction of sp³-hybridized carbons (Fsp3) is 0.190. The van der Waals surface area contributed by atoms with Crippen molar-refractivity contribution < 1.29 is 14.3 Å². The molecule has 1 aliphatic rings. The summed E-state index contributed by atoms with van der Waals surface area (Å²) in [4.78, 5) is 33.9. The van der Waals surface area contributed by atoms with Gasteiger partial charge < -0.3 is 15.0 Å². The molecule has 2 N–H and O–H groups in total. The molecule has 4 rings (SSSR count). The van der Waals surface area contributed by atoms with E-state index >= 15 is 0 Å². The molecule has 0 fully saturated rings. The number of hydrogen-bond acceptors (Lipinski definition) is 5. The number of ether oxygens (including phenoxy) is 1. The molecule has 0 saturated heterocycles. The molecule has 1 aromatic carbocycles. The molecule has 1 amide bonds. The van der Waals surface area contributed by atoms with Gasteiger partial charge in [-0.1, -0.05) is 18.2 Å². The highest BCUT2D eigenvalue weighted by Crippen LogP contribution is 2.37. The van der Waals surface area contributed by atoms with Gasteiger partial charge in [-0.3, -0.25) is 14.7 Å². The number of rotatable bonds is 4. The van der Waals surface area contributed by atoms with Gasteiger partial charge >= 0.3 is 6.09 Å². The van der Waals surface area contributed by atoms with Crippen LogP contribution in [-0.2, 0) is 11.3 Å². The normalized spacial score (nSPS) is 13.2. The van der Waals surface area contributed by atoms with Crippen molar-refractivity contribution in [1.82, 2.24) is 14.9 Å². The van der Waals surface area contributed by atoms with Gasteiger partial charge in [0, 0.05) is 29.3 Å². The molecule has 1 aliphatic heterocycles. The third-order valence-corrected chi connectivity index (χ3v) is 4.58. The Hall–Kier alpha value is -3.61. The Kier molecular flexibility index (Phi) is 4.80. The van der Waals surface area contributed by atoms with Crippen molar-refractivity contribution in [2.75, 3.05) is 18.5 Å². The average molecular weight is 376 g/mol. The summed E-state index contributed by atoms with van der Waals surface area (Å²) in [5.74, 6) is -0.135. The Morgan fingerprint density at radius 3 is 2.64 bits per heavy atom. The number of hydrogen-bond donors (Lipinski definition) is 2. The highest BCUT2D eigenvalue weighted by Gasteiger charge is 2.33. The minimum Gasteiger partial charge on any atom is -0.450 e. The topological polar surface area (TPSA) is 87.3 Å². The van der Waals surface area contributed by atoms with Crippen LogP contribution in [-0.4, -0.2) is 39.9 Å². The molecule has 2 aromatic heterocycles. The number of H-pyrrole nitrogens is 1. The van der Waals surface area contributed by atoms with E-state index in [0.29, 0.717) is 16.9 Å². The number of Topliss-reactive ketones (excluding diaryl/α,β-unsaturated/α-hetero) is 1. The minimum atomic E-state index is -0.487. The van der Waals surface area contributed by atoms with Gasteiger partial charge in [0.15, 0.2) is 5.78 Å². The van der Waals surface area contributed by atoms with E-state index in [1.807, 2.05) is 42.5 Å². The number of nitrogens with one attached hydrogen (secondary N) is 2. The molecule has 3 heterocycles. The zero-order chi connectivity index (χ0) is 19.5. The van der Waals surface area contributed by atoms with Crippen molar-refractivity contribution in [3.8, 4) is 11.3 Å². The van der Waals surface area contributed by atoms with Crippen LogP contribution in [0.2, 0.25) is 0 Å². The predicted molar refractivity (Wildman–Crippen MR) is 106 cm³/mol. The summed E-state index contributed by atoms with van der Waals surface area (Å²) in [6.07, 6.45) is 2.92. The second-order valence-corrected chi connectivity index (χ2v) is 6.43. The molecular weight excluding hydrogens is 356 g/mol. The maximum atomic E-state index is 12.9. The first-order valence-corrected chi connectivity index (χ1v) is 9.09. The summed E-state index contributed by atoms with van der Waals surface area (Å²) in [6.45, 7) is 2.29. The van der Waals surface area contributed by atoms with E-state index in [4.69, 9.17) is 4.74 Å². The van der Waals surface area contributed by atoms with Crippen LogP contribution >= 0.6 is 0 Å². The van der Waals surface area contributed by atoms with Gasteiger partial charge in [0.1, 0.15) is 0 Å². The zero-order valence-corrected chi connectivity index (χ0v) is 15.4. The lowest BCUT2D eigenvalue weighted by Crippen LogP contribution is -2.39. The summed E-state index contributed by atoms with van der Waals surface area (Å²) in [5.41, 5.74) is 4.54. The number of carbonyl (C=O) groups excluding carboxylic acids is 2. The van der Waals surface area contributed by atoms with Crippen LogP contribution in [0.5, 0.6) is 0 Å². The van der Waals surface area contributed by atoms with E-state index in [-0.39, 0.29) is 25.5 Å². The maximum Gasteiger partial charge on any atom is 0.410 e. The van der Waals surface area contributed by atoms with Crippen LogP contribution in [0.4, 0.5) is 16.2 Å². The van der Waals surface area contributed by atoms with Gasteiger partial charge in [-0.15, -0.1) is 0 Å². The summed E-state index contributed by atoms with van der Waals surface area (Å²) < 4.78 is 5.06. The van der Waals surface area contributed by atoms with Crippen molar-refractivity contribution in [3.05, 3.63) is 66.1 Å². The summed E-state index contributed by atoms with van der Waals surface area (Å²) in [7, 11) is 0. The molecule has 0 aliphatic carbocycles. The van der Waals surface area contributed by atoms with Crippen LogP contribution in [0.15, 0.2) is 54.9 Å². The van der Waals surface area contributed by atoms with Crippen molar-refractivity contribution >= 4 is 23.3 Å². The van der Waals surface area contributed by atoms with E-state index in [9.17, 15) is 9.59 Å². The first-order valence-electron chi connectivity index (χ1n) is 9.09. The van der Waals surface area contributed by atoms with Crippen LogP contribution in [0.3, 0.4) is 0 Å². The van der Waals surface area contributed by atoms with E-state index < -0.39 is 6.09 Å². The lowest BCUT2D eigenvalue weighted by atomic mass is 10.0. The zero-order valence-electron chi connectivity index (χ0n) is 15.4. The minimum absolute atomic E-state index is 0.0110. The molecule has 28 heavy (non-hydrogen) atoms. The lowest BCUT2D eigenvalue weighted by molar-refractivity contribution is 0.0796. The number of anilines is 2. The lowest BCUT2D eigenvalue weighted by Gasteiger charge is -2.25. The fourth-order valence-corrected chi connectivity index (χ4v) is 3.35. The molecule has 0 saturated carbocycles. The second kappa shape index (κ2) is 7.56. The molecule has 7 heteroatoms. The van der Waals surface area contributed by atoms with E-state index in [1.54, 1.807) is 19.3 Å². The average Bonchev–Trinajstić information content (AvgIpc) is 3.08. The van der Waals surface area contributed by atoms with Gasteiger partial charge in [0.2, 0.25) is 0 Å². The number of ketones is 1. The van der Waals surface area contributed by atoms with Crippen molar-refractivity contribution in [2.45, 2.75) is 13.5 Å². The number of nitrogens with zero attached hydrogens (tertiary/aromatic N) is 2. The van der Waals surface area contributed by atoms with Gasteiger partial charge in [0.25, 0.3) is 0 Å². The van der Waals surface area contributed by atoms with E-state index in [2.05, 4.69) is 15.3 Å². The monoisotopic (exact) mass is 376 g/mol. The third kappa shape index (κ3) is 3.34. The second-order valence-electron chi connectivity index (χ2n) is 6.43. The first-order chi connectivity index (χ1) is 13.7. The van der Waals surface area contributed by atoms with Gasteiger partial charge in [-0.25, -0.2) is 4.79 Å². The van der Waals surface area contributed by atoms with Gasteiger partial charge in [-0.05, 0) is 31.2 Å². The number of carbonyl (C=O) groups is 2. The Bertz CT molecular complexity index is 999. The summed E-state index contributed by atoms with van der Waals surface area (Å²) >= 11 is 0. The molecule has 7 nitrogen and oxygen atoms in total. The Balaban J connectivity index is 1.78. The maximum absolute atomic E-state index is 12.9. The molecule has 0 unspecified atom stereocenters. The SMILES string of the molecule is CCOC(=O)N1CC(=O)c2c([nH]c(-c3ccncc3)c2Nc2ccccc2)C1. The number of aromatic nitrogens is 2. The smallest absolute Gasteiger partial charge is 0.410 e. The standard InChI is InChI=1S/C21H20N4O3/c1-2-28-21(27)25-12-16-18(17(26)13-25)20(23-15-6-4-3-5-7-15)19(24-16)14-8-10-22-11-9-14/h3-11,23-24H,2,12-13H2,1H3.